The number of hydrogen-bond acceptors (Lipinski definition) is 4. The number of benzene rings is 2. The lowest BCUT2D eigenvalue weighted by molar-refractivity contribution is -0.119. The minimum absolute atomic E-state index is 0.290. The second-order valence-corrected chi connectivity index (χ2v) is 5.27. The van der Waals surface area contributed by atoms with Crippen LogP contribution in [-0.2, 0) is 9.53 Å². The molecule has 0 radical (unpaired) electrons. The number of esters is 1. The zero-order valence-electron chi connectivity index (χ0n) is 12.8. The van der Waals surface area contributed by atoms with E-state index in [0.29, 0.717) is 22.0 Å². The summed E-state index contributed by atoms with van der Waals surface area (Å²) in [6.07, 6.45) is 0. The minimum atomic E-state index is -0.612. The highest BCUT2D eigenvalue weighted by Crippen LogP contribution is 2.25. The molecule has 0 spiro atoms. The molecule has 0 bridgehead atoms. The van der Waals surface area contributed by atoms with E-state index in [4.69, 9.17) is 21.1 Å². The van der Waals surface area contributed by atoms with Crippen LogP contribution < -0.4 is 10.1 Å². The topological polar surface area (TPSA) is 64.6 Å². The van der Waals surface area contributed by atoms with E-state index in [-0.39, 0.29) is 0 Å². The third-order valence-corrected chi connectivity index (χ3v) is 3.26. The number of aryl methyl sites for hydroxylation is 1. The predicted octanol–water partition coefficient (Wildman–Crippen LogP) is 3.45. The molecule has 6 heteroatoms. The lowest BCUT2D eigenvalue weighted by atomic mass is 10.2. The number of ether oxygens (including phenoxy) is 2. The van der Waals surface area contributed by atoms with Gasteiger partial charge < -0.3 is 14.8 Å². The Bertz CT molecular complexity index is 730. The summed E-state index contributed by atoms with van der Waals surface area (Å²) in [4.78, 5) is 23.8. The highest BCUT2D eigenvalue weighted by atomic mass is 35.5. The van der Waals surface area contributed by atoms with Crippen molar-refractivity contribution in [3.63, 3.8) is 0 Å². The second kappa shape index (κ2) is 7.65. The maximum Gasteiger partial charge on any atom is 0.338 e. The Kier molecular flexibility index (Phi) is 5.60. The van der Waals surface area contributed by atoms with Crippen LogP contribution in [0.3, 0.4) is 0 Å². The first-order valence-electron chi connectivity index (χ1n) is 6.87. The molecule has 0 atom stereocenters. The van der Waals surface area contributed by atoms with E-state index in [1.165, 1.54) is 13.2 Å². The van der Waals surface area contributed by atoms with Gasteiger partial charge in [-0.3, -0.25) is 4.79 Å². The van der Waals surface area contributed by atoms with Gasteiger partial charge >= 0.3 is 5.97 Å². The van der Waals surface area contributed by atoms with Gasteiger partial charge in [-0.15, -0.1) is 0 Å². The zero-order valence-corrected chi connectivity index (χ0v) is 13.5. The van der Waals surface area contributed by atoms with Crippen molar-refractivity contribution in [3.8, 4) is 5.75 Å². The molecule has 2 aromatic rings. The Morgan fingerprint density at radius 3 is 2.65 bits per heavy atom. The summed E-state index contributed by atoms with van der Waals surface area (Å²) >= 11 is 5.81. The molecule has 0 aliphatic rings. The molecule has 0 aromatic heterocycles. The number of methoxy groups -OCH3 is 1. The van der Waals surface area contributed by atoms with Crippen LogP contribution in [0.15, 0.2) is 42.5 Å². The van der Waals surface area contributed by atoms with Crippen LogP contribution in [0, 0.1) is 6.92 Å². The average molecular weight is 334 g/mol. The van der Waals surface area contributed by atoms with Crippen molar-refractivity contribution in [2.75, 3.05) is 19.0 Å². The number of carbonyl (C=O) groups excluding carboxylic acids is 2. The van der Waals surface area contributed by atoms with Crippen molar-refractivity contribution in [2.45, 2.75) is 6.92 Å². The van der Waals surface area contributed by atoms with E-state index in [1.807, 2.05) is 13.0 Å². The van der Waals surface area contributed by atoms with Gasteiger partial charge in [0.05, 0.1) is 18.4 Å². The largest absolute Gasteiger partial charge is 0.495 e. The van der Waals surface area contributed by atoms with Crippen molar-refractivity contribution >= 4 is 29.2 Å². The molecule has 0 aliphatic heterocycles. The van der Waals surface area contributed by atoms with Gasteiger partial charge in [-0.05, 0) is 42.8 Å². The third kappa shape index (κ3) is 4.72. The van der Waals surface area contributed by atoms with E-state index in [0.717, 1.165) is 5.56 Å². The number of halogens is 1. The Hall–Kier alpha value is -2.53. The maximum absolute atomic E-state index is 11.9. The molecule has 2 rings (SSSR count). The van der Waals surface area contributed by atoms with Gasteiger partial charge in [0.1, 0.15) is 5.75 Å². The first kappa shape index (κ1) is 16.8. The molecule has 5 nitrogen and oxygen atoms in total. The van der Waals surface area contributed by atoms with E-state index in [9.17, 15) is 9.59 Å². The number of carbonyl (C=O) groups is 2. The summed E-state index contributed by atoms with van der Waals surface area (Å²) in [7, 11) is 1.51. The fourth-order valence-corrected chi connectivity index (χ4v) is 2.13. The predicted molar refractivity (Wildman–Crippen MR) is 88.1 cm³/mol. The monoisotopic (exact) mass is 333 g/mol. The SMILES string of the molecule is COc1ccc(C)cc1NC(=O)COC(=O)c1cccc(Cl)c1. The fourth-order valence-electron chi connectivity index (χ4n) is 1.94. The molecule has 1 N–H and O–H groups in total. The number of rotatable bonds is 5. The molecule has 0 saturated heterocycles. The van der Waals surface area contributed by atoms with Crippen LogP contribution in [0.1, 0.15) is 15.9 Å². The molecule has 0 fully saturated rings. The molecule has 0 aliphatic carbocycles. The summed E-state index contributed by atoms with van der Waals surface area (Å²) in [6.45, 7) is 1.50. The lowest BCUT2D eigenvalue weighted by Gasteiger charge is -2.11. The molecule has 1 amide bonds. The van der Waals surface area contributed by atoms with Gasteiger partial charge in [0.25, 0.3) is 5.91 Å². The van der Waals surface area contributed by atoms with Crippen LogP contribution in [0.4, 0.5) is 5.69 Å². The summed E-state index contributed by atoms with van der Waals surface area (Å²) in [5.41, 5.74) is 1.78. The first-order valence-corrected chi connectivity index (χ1v) is 7.24. The Morgan fingerprint density at radius 1 is 1.17 bits per heavy atom. The van der Waals surface area contributed by atoms with Gasteiger partial charge in [0.15, 0.2) is 6.61 Å². The van der Waals surface area contributed by atoms with E-state index in [1.54, 1.807) is 30.3 Å². The molecule has 120 valence electrons. The second-order valence-electron chi connectivity index (χ2n) is 4.84. The van der Waals surface area contributed by atoms with Gasteiger partial charge in [0, 0.05) is 5.02 Å². The Labute approximate surface area is 139 Å². The molecule has 0 unspecified atom stereocenters. The number of anilines is 1. The van der Waals surface area contributed by atoms with Gasteiger partial charge in [-0.2, -0.15) is 0 Å². The average Bonchev–Trinajstić information content (AvgIpc) is 2.53. The maximum atomic E-state index is 11.9. The highest BCUT2D eigenvalue weighted by molar-refractivity contribution is 6.30. The summed E-state index contributed by atoms with van der Waals surface area (Å²) < 4.78 is 10.1. The number of amides is 1. The summed E-state index contributed by atoms with van der Waals surface area (Å²) in [5, 5.41) is 3.08. The number of hydrogen-bond donors (Lipinski definition) is 1. The molecular formula is C17H16ClNO4. The van der Waals surface area contributed by atoms with Gasteiger partial charge in [-0.1, -0.05) is 23.7 Å². The fraction of sp³-hybridized carbons (Fsp3) is 0.176. The summed E-state index contributed by atoms with van der Waals surface area (Å²) in [6, 6.07) is 11.7. The van der Waals surface area contributed by atoms with Crippen LogP contribution in [0.5, 0.6) is 5.75 Å². The molecule has 23 heavy (non-hydrogen) atoms. The van der Waals surface area contributed by atoms with Crippen LogP contribution >= 0.6 is 11.6 Å². The van der Waals surface area contributed by atoms with Gasteiger partial charge in [0.2, 0.25) is 0 Å². The van der Waals surface area contributed by atoms with Crippen LogP contribution in [0.25, 0.3) is 0 Å². The highest BCUT2D eigenvalue weighted by Gasteiger charge is 2.12. The lowest BCUT2D eigenvalue weighted by Crippen LogP contribution is -2.21. The van der Waals surface area contributed by atoms with E-state index >= 15 is 0 Å². The van der Waals surface area contributed by atoms with Crippen LogP contribution in [0.2, 0.25) is 5.02 Å². The van der Waals surface area contributed by atoms with Gasteiger partial charge in [-0.25, -0.2) is 4.79 Å². The van der Waals surface area contributed by atoms with Crippen molar-refractivity contribution in [2.24, 2.45) is 0 Å². The minimum Gasteiger partial charge on any atom is -0.495 e. The van der Waals surface area contributed by atoms with Crippen molar-refractivity contribution in [1.82, 2.24) is 0 Å². The molecule has 0 saturated carbocycles. The quantitative estimate of drug-likeness (QED) is 0.851. The van der Waals surface area contributed by atoms with E-state index in [2.05, 4.69) is 5.32 Å². The van der Waals surface area contributed by atoms with Crippen molar-refractivity contribution in [3.05, 3.63) is 58.6 Å². The van der Waals surface area contributed by atoms with Crippen molar-refractivity contribution < 1.29 is 19.1 Å². The first-order chi connectivity index (χ1) is 11.0. The normalized spacial score (nSPS) is 10.0. The molecular weight excluding hydrogens is 318 g/mol. The standard InChI is InChI=1S/C17H16ClNO4/c1-11-6-7-15(22-2)14(8-11)19-16(20)10-23-17(21)12-4-3-5-13(18)9-12/h3-9H,10H2,1-2H3,(H,19,20). The van der Waals surface area contributed by atoms with E-state index < -0.39 is 18.5 Å². The third-order valence-electron chi connectivity index (χ3n) is 3.02. The molecule has 0 heterocycles. The smallest absolute Gasteiger partial charge is 0.338 e. The number of nitrogens with one attached hydrogen (secondary N) is 1. The van der Waals surface area contributed by atoms with Crippen molar-refractivity contribution in [1.29, 1.82) is 0 Å². The molecule has 2 aromatic carbocycles. The Balaban J connectivity index is 1.95. The Morgan fingerprint density at radius 2 is 1.96 bits per heavy atom. The zero-order chi connectivity index (χ0) is 16.8. The van der Waals surface area contributed by atoms with Crippen LogP contribution in [-0.4, -0.2) is 25.6 Å². The summed E-state index contributed by atoms with van der Waals surface area (Å²) in [5.74, 6) is -0.534.